The Morgan fingerprint density at radius 1 is 1.16 bits per heavy atom. The number of aliphatic hydroxyl groups excluding tert-OH is 1. The van der Waals surface area contributed by atoms with Crippen molar-refractivity contribution in [2.75, 3.05) is 24.7 Å². The molecule has 2 N–H and O–H groups in total. The Bertz CT molecular complexity index is 1540. The molecule has 1 aromatic carbocycles. The predicted octanol–water partition coefficient (Wildman–Crippen LogP) is 5.58. The van der Waals surface area contributed by atoms with Crippen molar-refractivity contribution in [1.82, 2.24) is 15.3 Å². The summed E-state index contributed by atoms with van der Waals surface area (Å²) in [5.74, 6) is 0.716. The lowest BCUT2D eigenvalue weighted by molar-refractivity contribution is -0.121. The summed E-state index contributed by atoms with van der Waals surface area (Å²) in [5, 5.41) is 13.8. The molecule has 0 radical (unpaired) electrons. The van der Waals surface area contributed by atoms with Crippen LogP contribution in [0.3, 0.4) is 0 Å². The van der Waals surface area contributed by atoms with Crippen molar-refractivity contribution in [3.63, 3.8) is 0 Å². The minimum atomic E-state index is -3.02. The molecule has 3 unspecified atom stereocenters. The zero-order valence-corrected chi connectivity index (χ0v) is 27.8. The van der Waals surface area contributed by atoms with Crippen LogP contribution in [0, 0.1) is 24.2 Å². The van der Waals surface area contributed by atoms with Crippen molar-refractivity contribution in [3.8, 4) is 11.3 Å². The maximum atomic E-state index is 13.0. The fourth-order valence-corrected chi connectivity index (χ4v) is 7.41. The molecule has 0 saturated carbocycles. The largest absolute Gasteiger partial charge is 0.394 e. The number of hydrogen-bond donors (Lipinski definition) is 2. The van der Waals surface area contributed by atoms with Crippen LogP contribution in [0.4, 0.5) is 0 Å². The van der Waals surface area contributed by atoms with Gasteiger partial charge in [-0.3, -0.25) is 9.79 Å². The van der Waals surface area contributed by atoms with E-state index < -0.39 is 15.9 Å². The molecule has 0 spiro atoms. The van der Waals surface area contributed by atoms with Gasteiger partial charge in [0, 0.05) is 16.5 Å². The van der Waals surface area contributed by atoms with E-state index in [2.05, 4.69) is 67.9 Å². The van der Waals surface area contributed by atoms with Crippen LogP contribution in [-0.4, -0.2) is 64.4 Å². The van der Waals surface area contributed by atoms with Gasteiger partial charge in [0.2, 0.25) is 5.91 Å². The number of hydrogen-bond acceptors (Lipinski definition) is 8. The van der Waals surface area contributed by atoms with E-state index in [0.717, 1.165) is 44.3 Å². The molecule has 232 valence electrons. The number of aliphatic imine (C=N–C) groups is 1. The lowest BCUT2D eigenvalue weighted by atomic mass is 9.83. The van der Waals surface area contributed by atoms with Crippen molar-refractivity contribution < 1.29 is 18.3 Å². The molecule has 3 atom stereocenters. The van der Waals surface area contributed by atoms with Crippen molar-refractivity contribution in [1.29, 1.82) is 0 Å². The van der Waals surface area contributed by atoms with Gasteiger partial charge in [-0.2, -0.15) is 0 Å². The lowest BCUT2D eigenvalue weighted by Gasteiger charge is -2.25. The van der Waals surface area contributed by atoms with Gasteiger partial charge in [0.05, 0.1) is 47.1 Å². The number of nitrogens with one attached hydrogen (secondary N) is 1. The molecule has 2 aromatic rings. The molecule has 1 aromatic heterocycles. The van der Waals surface area contributed by atoms with Crippen LogP contribution < -0.4 is 5.32 Å². The molecule has 1 amide bonds. The standard InChI is InChI=1S/C33H44N4O4S2/c1-20(2)21(3)26(23-12-14-43(40,41)15-13-23)16-27-22(4)30(36-19-35-27)25-10-8-24(9-11-25)28(18-38)37-31(39)29-17-34-32(42-29)33(5,6)7/h8-12,16,19-21,28-29,38H,13-15,17-18H2,1-7H3,(H,37,39). The number of thioether (sulfide) groups is 1. The quantitative estimate of drug-likeness (QED) is 0.374. The smallest absolute Gasteiger partial charge is 0.236 e. The number of carbonyl (C=O) groups excluding carboxylic acids is 1. The minimum absolute atomic E-state index is 0.0748. The molecule has 2 aliphatic rings. The van der Waals surface area contributed by atoms with E-state index in [1.54, 1.807) is 6.33 Å². The van der Waals surface area contributed by atoms with Gasteiger partial charge in [-0.15, -0.1) is 0 Å². The fourth-order valence-electron chi connectivity index (χ4n) is 5.16. The molecular formula is C33H44N4O4S2. The molecule has 2 aliphatic heterocycles. The van der Waals surface area contributed by atoms with Gasteiger partial charge in [-0.05, 0) is 48.0 Å². The summed E-state index contributed by atoms with van der Waals surface area (Å²) < 4.78 is 24.1. The summed E-state index contributed by atoms with van der Waals surface area (Å²) in [4.78, 5) is 26.7. The molecule has 43 heavy (non-hydrogen) atoms. The Morgan fingerprint density at radius 3 is 2.42 bits per heavy atom. The third-order valence-electron chi connectivity index (χ3n) is 8.22. The lowest BCUT2D eigenvalue weighted by Crippen LogP contribution is -2.37. The summed E-state index contributed by atoms with van der Waals surface area (Å²) in [6, 6.07) is 7.19. The van der Waals surface area contributed by atoms with Crippen molar-refractivity contribution >= 4 is 38.6 Å². The van der Waals surface area contributed by atoms with Crippen LogP contribution in [0.5, 0.6) is 0 Å². The average molecular weight is 625 g/mol. The highest BCUT2D eigenvalue weighted by Gasteiger charge is 2.33. The van der Waals surface area contributed by atoms with Gasteiger partial charge in [0.25, 0.3) is 0 Å². The van der Waals surface area contributed by atoms with Gasteiger partial charge in [0.1, 0.15) is 11.6 Å². The maximum Gasteiger partial charge on any atom is 0.236 e. The van der Waals surface area contributed by atoms with Crippen LogP contribution in [0.25, 0.3) is 17.3 Å². The second-order valence-corrected chi connectivity index (χ2v) is 16.2. The second kappa shape index (κ2) is 13.4. The first-order valence-electron chi connectivity index (χ1n) is 14.9. The van der Waals surface area contributed by atoms with E-state index in [1.165, 1.54) is 11.8 Å². The molecular weight excluding hydrogens is 581 g/mol. The number of aliphatic hydroxyl groups is 1. The van der Waals surface area contributed by atoms with Crippen molar-refractivity contribution in [2.45, 2.75) is 66.2 Å². The molecule has 10 heteroatoms. The van der Waals surface area contributed by atoms with Crippen LogP contribution in [0.1, 0.15) is 70.8 Å². The van der Waals surface area contributed by atoms with Gasteiger partial charge in [-0.1, -0.05) is 83.6 Å². The second-order valence-electron chi connectivity index (χ2n) is 12.8. The van der Waals surface area contributed by atoms with Gasteiger partial charge in [-0.25, -0.2) is 18.4 Å². The third-order valence-corrected chi connectivity index (χ3v) is 11.3. The van der Waals surface area contributed by atoms with E-state index in [9.17, 15) is 18.3 Å². The van der Waals surface area contributed by atoms with E-state index in [0.29, 0.717) is 18.9 Å². The minimum Gasteiger partial charge on any atom is -0.394 e. The van der Waals surface area contributed by atoms with Gasteiger partial charge < -0.3 is 10.4 Å². The maximum absolute atomic E-state index is 13.0. The average Bonchev–Trinajstić information content (AvgIpc) is 3.47. The fraction of sp³-hybridized carbons (Fsp3) is 0.515. The summed E-state index contributed by atoms with van der Waals surface area (Å²) in [6.45, 7) is 15.0. The Labute approximate surface area is 260 Å². The SMILES string of the molecule is Cc1c(C=C(C2=CCS(=O)(=O)CC2)C(C)C(C)C)ncnc1-c1ccc(C(CO)NC(=O)C2CN=C(C(C)(C)C)S2)cc1. The Kier molecular flexibility index (Phi) is 10.3. The normalized spacial score (nSPS) is 20.4. The van der Waals surface area contributed by atoms with Crippen LogP contribution >= 0.6 is 11.8 Å². The topological polar surface area (TPSA) is 122 Å². The van der Waals surface area contributed by atoms with Crippen molar-refractivity contribution in [2.24, 2.45) is 22.2 Å². The van der Waals surface area contributed by atoms with Crippen LogP contribution in [0.15, 0.2) is 52.8 Å². The number of nitrogens with zero attached hydrogens (tertiary/aromatic N) is 3. The molecule has 0 bridgehead atoms. The third kappa shape index (κ3) is 8.02. The Balaban J connectivity index is 1.55. The Hall–Kier alpha value is -2.82. The molecule has 0 aliphatic carbocycles. The van der Waals surface area contributed by atoms with Gasteiger partial charge in [0.15, 0.2) is 9.84 Å². The molecule has 0 fully saturated rings. The number of sulfone groups is 1. The van der Waals surface area contributed by atoms with E-state index in [4.69, 9.17) is 0 Å². The first kappa shape index (κ1) is 33.1. The molecule has 8 nitrogen and oxygen atoms in total. The highest BCUT2D eigenvalue weighted by Crippen LogP contribution is 2.35. The number of amides is 1. The van der Waals surface area contributed by atoms with Crippen LogP contribution in [-0.2, 0) is 14.6 Å². The first-order chi connectivity index (χ1) is 20.2. The van der Waals surface area contributed by atoms with E-state index >= 15 is 0 Å². The summed E-state index contributed by atoms with van der Waals surface area (Å²) in [6.07, 6.45) is 6.02. The Morgan fingerprint density at radius 2 is 1.86 bits per heavy atom. The molecule has 4 rings (SSSR count). The van der Waals surface area contributed by atoms with E-state index in [1.807, 2.05) is 37.3 Å². The van der Waals surface area contributed by atoms with Crippen molar-refractivity contribution in [3.05, 3.63) is 64.6 Å². The number of benzene rings is 1. The monoisotopic (exact) mass is 624 g/mol. The van der Waals surface area contributed by atoms with E-state index in [-0.39, 0.29) is 40.6 Å². The summed E-state index contributed by atoms with van der Waals surface area (Å²) in [7, 11) is -3.02. The highest BCUT2D eigenvalue weighted by atomic mass is 32.2. The first-order valence-corrected chi connectivity index (χ1v) is 17.6. The number of carbonyl (C=O) groups is 1. The molecule has 0 saturated heterocycles. The van der Waals surface area contributed by atoms with Gasteiger partial charge >= 0.3 is 0 Å². The zero-order chi connectivity index (χ0) is 31.5. The zero-order valence-electron chi connectivity index (χ0n) is 26.2. The molecule has 3 heterocycles. The number of aromatic nitrogens is 2. The van der Waals surface area contributed by atoms with Crippen LogP contribution in [0.2, 0.25) is 0 Å². The number of allylic oxidation sites excluding steroid dienone is 2. The highest BCUT2D eigenvalue weighted by molar-refractivity contribution is 8.15. The summed E-state index contributed by atoms with van der Waals surface area (Å²) >= 11 is 1.50. The summed E-state index contributed by atoms with van der Waals surface area (Å²) in [5.41, 5.74) is 6.33. The predicted molar refractivity (Wildman–Crippen MR) is 177 cm³/mol. The number of rotatable bonds is 9.